The molecule has 0 bridgehead atoms. The summed E-state index contributed by atoms with van der Waals surface area (Å²) >= 11 is 1.48. The van der Waals surface area contributed by atoms with E-state index in [1.54, 1.807) is 14.2 Å². The number of carbonyl (C=O) groups is 1. The van der Waals surface area contributed by atoms with Crippen LogP contribution in [-0.2, 0) is 0 Å². The van der Waals surface area contributed by atoms with Crippen LogP contribution in [0.2, 0.25) is 0 Å². The van der Waals surface area contributed by atoms with E-state index in [0.717, 1.165) is 34.1 Å². The number of rotatable bonds is 6. The van der Waals surface area contributed by atoms with Crippen molar-refractivity contribution in [1.82, 2.24) is 4.90 Å². The fraction of sp³-hybridized carbons (Fsp3) is 0.250. The van der Waals surface area contributed by atoms with Crippen LogP contribution < -0.4 is 20.1 Å². The molecule has 3 aromatic rings. The lowest BCUT2D eigenvalue weighted by molar-refractivity contribution is 0.0751. The molecule has 1 aliphatic heterocycles. The quantitative estimate of drug-likeness (QED) is 0.442. The second kappa shape index (κ2) is 9.32. The normalized spacial score (nSPS) is 13.7. The second-order valence-electron chi connectivity index (χ2n) is 7.48. The lowest BCUT2D eigenvalue weighted by Gasteiger charge is -2.36. The minimum atomic E-state index is 0.0545. The third-order valence-corrected chi connectivity index (χ3v) is 6.70. The molecule has 8 heteroatoms. The Kier molecular flexibility index (Phi) is 6.32. The predicted octanol–water partition coefficient (Wildman–Crippen LogP) is 3.68. The van der Waals surface area contributed by atoms with Crippen LogP contribution in [0, 0.1) is 5.41 Å². The van der Waals surface area contributed by atoms with Crippen LogP contribution in [0.1, 0.15) is 15.2 Å². The molecule has 0 unspecified atom stereocenters. The first-order valence-electron chi connectivity index (χ1n) is 10.3. The Morgan fingerprint density at radius 3 is 2.41 bits per heavy atom. The van der Waals surface area contributed by atoms with E-state index in [-0.39, 0.29) is 11.7 Å². The second-order valence-corrected chi connectivity index (χ2v) is 8.56. The Labute approximate surface area is 191 Å². The maximum absolute atomic E-state index is 13.1. The van der Waals surface area contributed by atoms with E-state index >= 15 is 0 Å². The van der Waals surface area contributed by atoms with Crippen LogP contribution in [0.4, 0.5) is 5.69 Å². The number of piperazine rings is 1. The van der Waals surface area contributed by atoms with Crippen molar-refractivity contribution in [2.45, 2.75) is 0 Å². The number of ether oxygens (including phenoxy) is 2. The van der Waals surface area contributed by atoms with Crippen LogP contribution >= 0.6 is 11.3 Å². The summed E-state index contributed by atoms with van der Waals surface area (Å²) in [6.07, 6.45) is 0. The number of amides is 1. The standard InChI is InChI=1S/C24H26N4O3S/c1-30-19-7-6-16(15-20(19)31-2)21-8-9-22(32-21)24(29)28-12-10-27(11-13-28)18-5-3-4-17(14-18)23(25)26/h3-9,14-15H,10-13H2,1-2H3,(H3,25,26). The molecule has 2 heterocycles. The number of nitrogens with one attached hydrogen (secondary N) is 1. The van der Waals surface area contributed by atoms with Crippen LogP contribution in [0.15, 0.2) is 54.6 Å². The number of benzene rings is 2. The van der Waals surface area contributed by atoms with Crippen molar-refractivity contribution in [2.75, 3.05) is 45.3 Å². The number of methoxy groups -OCH3 is 2. The first kappa shape index (κ1) is 21.7. The van der Waals surface area contributed by atoms with Crippen molar-refractivity contribution in [2.24, 2.45) is 5.73 Å². The van der Waals surface area contributed by atoms with Crippen molar-refractivity contribution < 1.29 is 14.3 Å². The summed E-state index contributed by atoms with van der Waals surface area (Å²) < 4.78 is 10.7. The molecule has 0 saturated carbocycles. The minimum Gasteiger partial charge on any atom is -0.493 e. The summed E-state index contributed by atoms with van der Waals surface area (Å²) in [5, 5.41) is 7.63. The van der Waals surface area contributed by atoms with Crippen molar-refractivity contribution in [3.05, 3.63) is 65.0 Å². The Balaban J connectivity index is 1.43. The number of nitrogens with zero attached hydrogens (tertiary/aromatic N) is 2. The predicted molar refractivity (Wildman–Crippen MR) is 128 cm³/mol. The molecule has 3 N–H and O–H groups in total. The van der Waals surface area contributed by atoms with Crippen LogP contribution in [0.25, 0.3) is 10.4 Å². The van der Waals surface area contributed by atoms with Crippen molar-refractivity contribution in [1.29, 1.82) is 5.41 Å². The molecule has 7 nitrogen and oxygen atoms in total. The van der Waals surface area contributed by atoms with Gasteiger partial charge in [-0.25, -0.2) is 0 Å². The minimum absolute atomic E-state index is 0.0545. The summed E-state index contributed by atoms with van der Waals surface area (Å²) in [6.45, 7) is 2.77. The van der Waals surface area contributed by atoms with Crippen molar-refractivity contribution in [3.63, 3.8) is 0 Å². The Hall–Kier alpha value is -3.52. The molecule has 0 aliphatic carbocycles. The lowest BCUT2D eigenvalue weighted by atomic mass is 10.1. The molecular formula is C24H26N4O3S. The van der Waals surface area contributed by atoms with Gasteiger partial charge in [0.25, 0.3) is 5.91 Å². The lowest BCUT2D eigenvalue weighted by Crippen LogP contribution is -2.48. The van der Waals surface area contributed by atoms with Gasteiger partial charge >= 0.3 is 0 Å². The van der Waals surface area contributed by atoms with Gasteiger partial charge in [-0.05, 0) is 48.0 Å². The van der Waals surface area contributed by atoms with Gasteiger partial charge < -0.3 is 25.0 Å². The largest absolute Gasteiger partial charge is 0.493 e. The number of hydrogen-bond donors (Lipinski definition) is 2. The van der Waals surface area contributed by atoms with Crippen LogP contribution in [-0.4, -0.2) is 57.0 Å². The molecule has 0 radical (unpaired) electrons. The maximum atomic E-state index is 13.1. The van der Waals surface area contributed by atoms with Gasteiger partial charge in [0.1, 0.15) is 5.84 Å². The van der Waals surface area contributed by atoms with Gasteiger partial charge in [-0.3, -0.25) is 10.2 Å². The molecule has 0 atom stereocenters. The molecule has 1 fully saturated rings. The summed E-state index contributed by atoms with van der Waals surface area (Å²) in [5.41, 5.74) is 8.34. The highest BCUT2D eigenvalue weighted by atomic mass is 32.1. The van der Waals surface area contributed by atoms with E-state index in [1.807, 2.05) is 59.5 Å². The smallest absolute Gasteiger partial charge is 0.264 e. The van der Waals surface area contributed by atoms with E-state index in [2.05, 4.69) is 4.90 Å². The number of nitrogen functional groups attached to an aromatic ring is 1. The molecule has 32 heavy (non-hydrogen) atoms. The molecule has 2 aromatic carbocycles. The van der Waals surface area contributed by atoms with Gasteiger partial charge in [-0.15, -0.1) is 11.3 Å². The van der Waals surface area contributed by atoms with Crippen molar-refractivity contribution in [3.8, 4) is 21.9 Å². The highest BCUT2D eigenvalue weighted by Crippen LogP contribution is 2.35. The molecule has 166 valence electrons. The molecule has 1 amide bonds. The van der Waals surface area contributed by atoms with E-state index in [4.69, 9.17) is 20.6 Å². The maximum Gasteiger partial charge on any atom is 0.264 e. The third-order valence-electron chi connectivity index (χ3n) is 5.57. The third kappa shape index (κ3) is 4.40. The van der Waals surface area contributed by atoms with Gasteiger partial charge in [0.05, 0.1) is 19.1 Å². The Morgan fingerprint density at radius 1 is 0.969 bits per heavy atom. The number of carbonyl (C=O) groups excluding carboxylic acids is 1. The summed E-state index contributed by atoms with van der Waals surface area (Å²) in [6, 6.07) is 17.3. The van der Waals surface area contributed by atoms with Crippen LogP contribution in [0.5, 0.6) is 11.5 Å². The molecule has 1 saturated heterocycles. The molecule has 1 aliphatic rings. The Bertz CT molecular complexity index is 1140. The van der Waals surface area contributed by atoms with Crippen molar-refractivity contribution >= 4 is 28.8 Å². The zero-order chi connectivity index (χ0) is 22.7. The molecule has 1 aromatic heterocycles. The zero-order valence-electron chi connectivity index (χ0n) is 18.1. The van der Waals surface area contributed by atoms with Crippen LogP contribution in [0.3, 0.4) is 0 Å². The fourth-order valence-electron chi connectivity index (χ4n) is 3.79. The SMILES string of the molecule is COc1ccc(-c2ccc(C(=O)N3CCN(c4cccc(C(=N)N)c4)CC3)s2)cc1OC. The highest BCUT2D eigenvalue weighted by Gasteiger charge is 2.24. The first-order valence-corrected chi connectivity index (χ1v) is 11.1. The van der Waals surface area contributed by atoms with Gasteiger partial charge in [0.15, 0.2) is 11.5 Å². The monoisotopic (exact) mass is 450 g/mol. The van der Waals surface area contributed by atoms with Gasteiger partial charge in [0, 0.05) is 42.3 Å². The number of thiophene rings is 1. The summed E-state index contributed by atoms with van der Waals surface area (Å²) in [4.78, 5) is 18.9. The topological polar surface area (TPSA) is 91.9 Å². The average Bonchev–Trinajstić information content (AvgIpc) is 3.33. The van der Waals surface area contributed by atoms with E-state index in [0.29, 0.717) is 30.2 Å². The number of nitrogens with two attached hydrogens (primary N) is 1. The van der Waals surface area contributed by atoms with E-state index in [9.17, 15) is 4.79 Å². The Morgan fingerprint density at radius 2 is 1.72 bits per heavy atom. The number of anilines is 1. The van der Waals surface area contributed by atoms with E-state index < -0.39 is 0 Å². The van der Waals surface area contributed by atoms with Gasteiger partial charge in [-0.2, -0.15) is 0 Å². The molecule has 4 rings (SSSR count). The first-order chi connectivity index (χ1) is 15.5. The van der Waals surface area contributed by atoms with E-state index in [1.165, 1.54) is 11.3 Å². The number of hydrogen-bond acceptors (Lipinski definition) is 6. The average molecular weight is 451 g/mol. The van der Waals surface area contributed by atoms with Gasteiger partial charge in [0.2, 0.25) is 0 Å². The number of amidine groups is 1. The highest BCUT2D eigenvalue weighted by molar-refractivity contribution is 7.17. The summed E-state index contributed by atoms with van der Waals surface area (Å²) in [5.74, 6) is 1.45. The zero-order valence-corrected chi connectivity index (χ0v) is 18.9. The molecular weight excluding hydrogens is 424 g/mol. The van der Waals surface area contributed by atoms with Gasteiger partial charge in [-0.1, -0.05) is 12.1 Å². The molecule has 0 spiro atoms. The summed E-state index contributed by atoms with van der Waals surface area (Å²) in [7, 11) is 3.22. The fourth-order valence-corrected chi connectivity index (χ4v) is 4.76.